The number of benzene rings is 1. The van der Waals surface area contributed by atoms with Crippen LogP contribution < -0.4 is 4.74 Å². The molecule has 1 saturated carbocycles. The number of ether oxygens (including phenoxy) is 1. The minimum absolute atomic E-state index is 0.338. The van der Waals surface area contributed by atoms with Crippen molar-refractivity contribution in [1.82, 2.24) is 0 Å². The summed E-state index contributed by atoms with van der Waals surface area (Å²) in [7, 11) is 0.338. The van der Waals surface area contributed by atoms with Gasteiger partial charge in [-0.3, -0.25) is 0 Å². The molecule has 0 aromatic heterocycles. The molecule has 17 heavy (non-hydrogen) atoms. The molecule has 3 heteroatoms. The number of rotatable bonds is 4. The zero-order valence-corrected chi connectivity index (χ0v) is 11.0. The summed E-state index contributed by atoms with van der Waals surface area (Å²) in [6, 6.07) is 7.84. The fourth-order valence-corrected chi connectivity index (χ4v) is 3.32. The summed E-state index contributed by atoms with van der Waals surface area (Å²) >= 11 is 0. The van der Waals surface area contributed by atoms with Crippen LogP contribution in [0, 0.1) is 0 Å². The molecule has 0 bridgehead atoms. The van der Waals surface area contributed by atoms with Gasteiger partial charge in [-0.15, -0.1) is 0 Å². The summed E-state index contributed by atoms with van der Waals surface area (Å²) in [5.74, 6) is 0.227. The van der Waals surface area contributed by atoms with E-state index in [1.807, 2.05) is 12.1 Å². The lowest BCUT2D eigenvalue weighted by atomic mass is 10.3. The largest absolute Gasteiger partial charge is 0.423 e. The molecule has 1 fully saturated rings. The van der Waals surface area contributed by atoms with Crippen molar-refractivity contribution in [1.29, 1.82) is 0 Å². The standard InChI is InChI=1S/C14H17O2S/c1-10(2)14(15)16-11-4-6-12(7-5-11)17(3)13-8-9-13/h4-7,13H,1,8-9H2,2-3H3/q+1. The Balaban J connectivity index is 2.02. The van der Waals surface area contributed by atoms with E-state index >= 15 is 0 Å². The molecule has 2 rings (SSSR count). The number of hydrogen-bond acceptors (Lipinski definition) is 2. The van der Waals surface area contributed by atoms with Crippen LogP contribution in [0.3, 0.4) is 0 Å². The van der Waals surface area contributed by atoms with E-state index in [-0.39, 0.29) is 5.97 Å². The lowest BCUT2D eigenvalue weighted by molar-refractivity contribution is -0.130. The summed E-state index contributed by atoms with van der Waals surface area (Å²) in [5.41, 5.74) is 0.419. The summed E-state index contributed by atoms with van der Waals surface area (Å²) in [6.45, 7) is 5.20. The second-order valence-electron chi connectivity index (χ2n) is 4.40. The van der Waals surface area contributed by atoms with E-state index in [9.17, 15) is 4.79 Å². The van der Waals surface area contributed by atoms with Gasteiger partial charge >= 0.3 is 5.97 Å². The van der Waals surface area contributed by atoms with Crippen LogP contribution >= 0.6 is 0 Å². The summed E-state index contributed by atoms with van der Waals surface area (Å²) in [6.07, 6.45) is 4.99. The van der Waals surface area contributed by atoms with Crippen molar-refractivity contribution >= 4 is 16.9 Å². The van der Waals surface area contributed by atoms with Crippen LogP contribution in [0.1, 0.15) is 19.8 Å². The third-order valence-corrected chi connectivity index (χ3v) is 5.27. The van der Waals surface area contributed by atoms with E-state index in [1.165, 1.54) is 17.7 Å². The van der Waals surface area contributed by atoms with Crippen LogP contribution in [0.25, 0.3) is 0 Å². The second-order valence-corrected chi connectivity index (χ2v) is 6.65. The topological polar surface area (TPSA) is 26.3 Å². The molecule has 1 aromatic rings. The molecule has 0 heterocycles. The maximum atomic E-state index is 11.3. The number of hydrogen-bond donors (Lipinski definition) is 0. The van der Waals surface area contributed by atoms with E-state index in [1.54, 1.807) is 6.92 Å². The minimum atomic E-state index is -0.365. The van der Waals surface area contributed by atoms with Gasteiger partial charge in [0.15, 0.2) is 4.90 Å². The van der Waals surface area contributed by atoms with Crippen molar-refractivity contribution in [3.05, 3.63) is 36.4 Å². The first kappa shape index (κ1) is 12.2. The van der Waals surface area contributed by atoms with Gasteiger partial charge in [-0.25, -0.2) is 4.79 Å². The molecular formula is C14H17O2S+. The first-order valence-corrected chi connectivity index (χ1v) is 7.40. The Morgan fingerprint density at radius 2 is 1.94 bits per heavy atom. The molecule has 0 saturated heterocycles. The molecule has 0 amide bonds. The summed E-state index contributed by atoms with van der Waals surface area (Å²) in [5, 5.41) is 0.874. The zero-order chi connectivity index (χ0) is 12.4. The summed E-state index contributed by atoms with van der Waals surface area (Å²) < 4.78 is 5.15. The van der Waals surface area contributed by atoms with Gasteiger partial charge in [-0.1, -0.05) is 6.58 Å². The average molecular weight is 249 g/mol. The van der Waals surface area contributed by atoms with Gasteiger partial charge in [0.1, 0.15) is 17.3 Å². The Labute approximate surface area is 105 Å². The lowest BCUT2D eigenvalue weighted by Gasteiger charge is -2.05. The lowest BCUT2D eigenvalue weighted by Crippen LogP contribution is -2.09. The van der Waals surface area contributed by atoms with E-state index in [0.717, 1.165) is 5.25 Å². The van der Waals surface area contributed by atoms with Crippen LogP contribution in [-0.2, 0) is 15.7 Å². The van der Waals surface area contributed by atoms with Crippen LogP contribution in [-0.4, -0.2) is 17.5 Å². The Bertz CT molecular complexity index is 432. The van der Waals surface area contributed by atoms with Gasteiger partial charge in [0.2, 0.25) is 0 Å². The quantitative estimate of drug-likeness (QED) is 0.355. The van der Waals surface area contributed by atoms with Gasteiger partial charge in [-0.2, -0.15) is 0 Å². The molecule has 90 valence electrons. The Kier molecular flexibility index (Phi) is 3.57. The van der Waals surface area contributed by atoms with Crippen molar-refractivity contribution in [2.75, 3.05) is 6.26 Å². The molecule has 1 aromatic carbocycles. The van der Waals surface area contributed by atoms with Gasteiger partial charge in [0.25, 0.3) is 0 Å². The highest BCUT2D eigenvalue weighted by molar-refractivity contribution is 7.97. The zero-order valence-electron chi connectivity index (χ0n) is 10.2. The average Bonchev–Trinajstić information content (AvgIpc) is 3.13. The molecule has 1 aliphatic rings. The second kappa shape index (κ2) is 4.96. The Morgan fingerprint density at radius 1 is 1.35 bits per heavy atom. The fraction of sp³-hybridized carbons (Fsp3) is 0.357. The molecular weight excluding hydrogens is 232 g/mol. The predicted molar refractivity (Wildman–Crippen MR) is 71.5 cm³/mol. The highest BCUT2D eigenvalue weighted by Gasteiger charge is 2.38. The van der Waals surface area contributed by atoms with Gasteiger partial charge in [0.05, 0.1) is 0 Å². The number of carbonyl (C=O) groups is 1. The number of esters is 1. The van der Waals surface area contributed by atoms with Gasteiger partial charge in [-0.05, 0) is 31.2 Å². The smallest absolute Gasteiger partial charge is 0.338 e. The van der Waals surface area contributed by atoms with E-state index in [0.29, 0.717) is 22.2 Å². The van der Waals surface area contributed by atoms with Crippen LogP contribution in [0.5, 0.6) is 5.75 Å². The SMILES string of the molecule is C=C(C)C(=O)Oc1ccc([S+](C)C2CC2)cc1. The van der Waals surface area contributed by atoms with Crippen molar-refractivity contribution in [3.63, 3.8) is 0 Å². The molecule has 0 aliphatic heterocycles. The van der Waals surface area contributed by atoms with E-state index < -0.39 is 0 Å². The molecule has 1 atom stereocenters. The molecule has 0 radical (unpaired) electrons. The van der Waals surface area contributed by atoms with Crippen molar-refractivity contribution < 1.29 is 9.53 Å². The first-order chi connectivity index (χ1) is 8.08. The predicted octanol–water partition coefficient (Wildman–Crippen LogP) is 2.94. The molecule has 0 spiro atoms. The van der Waals surface area contributed by atoms with Crippen LogP contribution in [0.4, 0.5) is 0 Å². The van der Waals surface area contributed by atoms with Crippen LogP contribution in [0.15, 0.2) is 41.3 Å². The first-order valence-electron chi connectivity index (χ1n) is 5.70. The Morgan fingerprint density at radius 3 is 2.41 bits per heavy atom. The molecule has 1 aliphatic carbocycles. The maximum Gasteiger partial charge on any atom is 0.338 e. The van der Waals surface area contributed by atoms with Crippen LogP contribution in [0.2, 0.25) is 0 Å². The maximum absolute atomic E-state index is 11.3. The van der Waals surface area contributed by atoms with Gasteiger partial charge < -0.3 is 4.74 Å². The van der Waals surface area contributed by atoms with Crippen molar-refractivity contribution in [3.8, 4) is 5.75 Å². The monoisotopic (exact) mass is 249 g/mol. The Hall–Kier alpha value is -1.22. The third-order valence-electron chi connectivity index (χ3n) is 2.78. The molecule has 1 unspecified atom stereocenters. The third kappa shape index (κ3) is 3.13. The highest BCUT2D eigenvalue weighted by Crippen LogP contribution is 2.34. The number of carbonyl (C=O) groups excluding carboxylic acids is 1. The van der Waals surface area contributed by atoms with E-state index in [2.05, 4.69) is 25.0 Å². The molecule has 2 nitrogen and oxygen atoms in total. The van der Waals surface area contributed by atoms with Crippen molar-refractivity contribution in [2.24, 2.45) is 0 Å². The molecule has 0 N–H and O–H groups in total. The van der Waals surface area contributed by atoms with E-state index in [4.69, 9.17) is 4.74 Å². The summed E-state index contributed by atoms with van der Waals surface area (Å²) in [4.78, 5) is 12.7. The minimum Gasteiger partial charge on any atom is -0.423 e. The normalized spacial score (nSPS) is 16.4. The fourth-order valence-electron chi connectivity index (χ4n) is 1.53. The van der Waals surface area contributed by atoms with Crippen molar-refractivity contribution in [2.45, 2.75) is 29.9 Å². The van der Waals surface area contributed by atoms with Gasteiger partial charge in [0, 0.05) is 29.3 Å². The highest BCUT2D eigenvalue weighted by atomic mass is 32.2.